The van der Waals surface area contributed by atoms with Gasteiger partial charge in [-0.3, -0.25) is 9.09 Å². The van der Waals surface area contributed by atoms with Crippen LogP contribution < -0.4 is 5.76 Å². The molecule has 0 atom stereocenters. The molecule has 0 aliphatic carbocycles. The summed E-state index contributed by atoms with van der Waals surface area (Å²) in [4.78, 5) is 16.0. The minimum absolute atomic E-state index is 0.0587. The maximum absolute atomic E-state index is 12.9. The molecule has 0 aliphatic rings. The van der Waals surface area contributed by atoms with Crippen LogP contribution in [0.25, 0.3) is 11.4 Å². The fourth-order valence-electron chi connectivity index (χ4n) is 2.12. The van der Waals surface area contributed by atoms with E-state index in [0.717, 1.165) is 0 Å². The summed E-state index contributed by atoms with van der Waals surface area (Å²) in [5, 5.41) is 7.64. The number of aromatic nitrogens is 4. The molecule has 0 saturated carbocycles. The molecule has 0 aliphatic heterocycles. The first kappa shape index (κ1) is 15.1. The Bertz CT molecular complexity index is 871. The molecule has 2 heterocycles. The zero-order valence-corrected chi connectivity index (χ0v) is 12.9. The van der Waals surface area contributed by atoms with Crippen molar-refractivity contribution in [2.75, 3.05) is 0 Å². The minimum atomic E-state index is -0.587. The third kappa shape index (κ3) is 3.05. The van der Waals surface area contributed by atoms with Crippen molar-refractivity contribution in [3.63, 3.8) is 0 Å². The Hall–Kier alpha value is -2.77. The molecule has 0 fully saturated rings. The van der Waals surface area contributed by atoms with Gasteiger partial charge in [0.1, 0.15) is 12.4 Å². The molecule has 0 spiro atoms. The molecule has 0 amide bonds. The van der Waals surface area contributed by atoms with Crippen molar-refractivity contribution in [2.45, 2.75) is 32.7 Å². The molecule has 3 aromatic rings. The van der Waals surface area contributed by atoms with Crippen LogP contribution in [0.3, 0.4) is 0 Å². The first-order chi connectivity index (χ1) is 10.8. The molecule has 0 saturated heterocycles. The van der Waals surface area contributed by atoms with Gasteiger partial charge in [-0.1, -0.05) is 31.1 Å². The number of hydrogen-bond donors (Lipinski definition) is 0. The van der Waals surface area contributed by atoms with E-state index >= 15 is 0 Å². The van der Waals surface area contributed by atoms with E-state index in [-0.39, 0.29) is 23.7 Å². The summed E-state index contributed by atoms with van der Waals surface area (Å²) in [6, 6.07) is 5.73. The van der Waals surface area contributed by atoms with Crippen LogP contribution in [0.1, 0.15) is 32.5 Å². The summed E-state index contributed by atoms with van der Waals surface area (Å²) in [6.45, 7) is 5.80. The zero-order chi connectivity index (χ0) is 16.6. The van der Waals surface area contributed by atoms with Crippen molar-refractivity contribution in [1.82, 2.24) is 19.9 Å². The quantitative estimate of drug-likeness (QED) is 0.737. The second kappa shape index (κ2) is 5.45. The highest BCUT2D eigenvalue weighted by molar-refractivity contribution is 5.53. The van der Waals surface area contributed by atoms with Crippen molar-refractivity contribution in [3.8, 4) is 11.4 Å². The molecule has 7 nitrogen and oxygen atoms in total. The van der Waals surface area contributed by atoms with Crippen LogP contribution in [0.5, 0.6) is 0 Å². The summed E-state index contributed by atoms with van der Waals surface area (Å²) in [6.07, 6.45) is 0. The average molecular weight is 318 g/mol. The number of halogens is 1. The van der Waals surface area contributed by atoms with Crippen LogP contribution >= 0.6 is 0 Å². The normalized spacial score (nSPS) is 11.8. The lowest BCUT2D eigenvalue weighted by Crippen LogP contribution is -2.25. The van der Waals surface area contributed by atoms with Gasteiger partial charge >= 0.3 is 5.76 Å². The van der Waals surface area contributed by atoms with Crippen molar-refractivity contribution >= 4 is 0 Å². The van der Waals surface area contributed by atoms with E-state index in [1.165, 1.54) is 16.7 Å². The standard InChI is InChI=1S/C15H15FN4O3/c1-15(2,3)13-19-23-14(21)20(13)8-11-17-12(18-22-11)9-4-6-10(16)7-5-9/h4-7H,8H2,1-3H3. The Kier molecular flexibility index (Phi) is 3.59. The van der Waals surface area contributed by atoms with Crippen molar-refractivity contribution in [2.24, 2.45) is 0 Å². The Morgan fingerprint density at radius 3 is 2.48 bits per heavy atom. The molecule has 0 N–H and O–H groups in total. The summed E-state index contributed by atoms with van der Waals surface area (Å²) in [5.41, 5.74) is 0.251. The summed E-state index contributed by atoms with van der Waals surface area (Å²) >= 11 is 0. The van der Waals surface area contributed by atoms with E-state index in [9.17, 15) is 9.18 Å². The molecular formula is C15H15FN4O3. The van der Waals surface area contributed by atoms with Gasteiger partial charge in [0.25, 0.3) is 0 Å². The topological polar surface area (TPSA) is 87.0 Å². The first-order valence-corrected chi connectivity index (χ1v) is 7.00. The van der Waals surface area contributed by atoms with Gasteiger partial charge in [0.2, 0.25) is 11.7 Å². The lowest BCUT2D eigenvalue weighted by Gasteiger charge is -2.15. The largest absolute Gasteiger partial charge is 0.442 e. The first-order valence-electron chi connectivity index (χ1n) is 7.00. The fraction of sp³-hybridized carbons (Fsp3) is 0.333. The SMILES string of the molecule is CC(C)(C)c1noc(=O)n1Cc1nc(-c2ccc(F)cc2)no1. The van der Waals surface area contributed by atoms with E-state index in [2.05, 4.69) is 15.3 Å². The molecule has 1 aromatic carbocycles. The molecule has 0 bridgehead atoms. The van der Waals surface area contributed by atoms with Gasteiger partial charge in [-0.2, -0.15) is 4.98 Å². The van der Waals surface area contributed by atoms with Gasteiger partial charge in [0.05, 0.1) is 0 Å². The van der Waals surface area contributed by atoms with E-state index in [0.29, 0.717) is 17.2 Å². The smallest absolute Gasteiger partial charge is 0.337 e. The Morgan fingerprint density at radius 2 is 1.83 bits per heavy atom. The van der Waals surface area contributed by atoms with E-state index in [4.69, 9.17) is 9.05 Å². The number of rotatable bonds is 3. The van der Waals surface area contributed by atoms with Gasteiger partial charge in [-0.15, -0.1) is 0 Å². The van der Waals surface area contributed by atoms with Crippen LogP contribution in [0.4, 0.5) is 4.39 Å². The highest BCUT2D eigenvalue weighted by Gasteiger charge is 2.25. The molecule has 2 aromatic heterocycles. The average Bonchev–Trinajstić information content (AvgIpc) is 3.08. The number of nitrogens with zero attached hydrogens (tertiary/aromatic N) is 4. The molecule has 0 unspecified atom stereocenters. The highest BCUT2D eigenvalue weighted by Crippen LogP contribution is 2.20. The minimum Gasteiger partial charge on any atom is -0.337 e. The summed E-state index contributed by atoms with van der Waals surface area (Å²) < 4.78 is 24.2. The van der Waals surface area contributed by atoms with Gasteiger partial charge < -0.3 is 4.52 Å². The molecule has 23 heavy (non-hydrogen) atoms. The predicted molar refractivity (Wildman–Crippen MR) is 78.3 cm³/mol. The van der Waals surface area contributed by atoms with Crippen LogP contribution in [-0.2, 0) is 12.0 Å². The van der Waals surface area contributed by atoms with E-state index < -0.39 is 5.76 Å². The molecule has 120 valence electrons. The second-order valence-corrected chi connectivity index (χ2v) is 6.13. The third-order valence-electron chi connectivity index (χ3n) is 3.22. The molecular weight excluding hydrogens is 303 g/mol. The zero-order valence-electron chi connectivity index (χ0n) is 12.9. The van der Waals surface area contributed by atoms with Gasteiger partial charge in [-0.25, -0.2) is 9.18 Å². The summed E-state index contributed by atoms with van der Waals surface area (Å²) in [7, 11) is 0. The lowest BCUT2D eigenvalue weighted by atomic mass is 9.96. The molecule has 0 radical (unpaired) electrons. The third-order valence-corrected chi connectivity index (χ3v) is 3.22. The van der Waals surface area contributed by atoms with Crippen LogP contribution in [-0.4, -0.2) is 19.9 Å². The highest BCUT2D eigenvalue weighted by atomic mass is 19.1. The Balaban J connectivity index is 1.90. The van der Waals surface area contributed by atoms with Crippen LogP contribution in [0, 0.1) is 5.82 Å². The van der Waals surface area contributed by atoms with E-state index in [1.807, 2.05) is 20.8 Å². The molecule has 3 rings (SSSR count). The van der Waals surface area contributed by atoms with Gasteiger partial charge in [-0.05, 0) is 24.3 Å². The maximum atomic E-state index is 12.9. The number of hydrogen-bond acceptors (Lipinski definition) is 6. The Morgan fingerprint density at radius 1 is 1.13 bits per heavy atom. The van der Waals surface area contributed by atoms with Crippen LogP contribution in [0.15, 0.2) is 38.1 Å². The van der Waals surface area contributed by atoms with Gasteiger partial charge in [0.15, 0.2) is 5.82 Å². The lowest BCUT2D eigenvalue weighted by molar-refractivity contribution is 0.354. The summed E-state index contributed by atoms with van der Waals surface area (Å²) in [5.74, 6) is 0.116. The van der Waals surface area contributed by atoms with Gasteiger partial charge in [0, 0.05) is 11.0 Å². The van der Waals surface area contributed by atoms with Crippen molar-refractivity contribution in [3.05, 3.63) is 52.3 Å². The fourth-order valence-corrected chi connectivity index (χ4v) is 2.12. The van der Waals surface area contributed by atoms with Crippen molar-refractivity contribution in [1.29, 1.82) is 0 Å². The number of benzene rings is 1. The van der Waals surface area contributed by atoms with Crippen molar-refractivity contribution < 1.29 is 13.4 Å². The predicted octanol–water partition coefficient (Wildman–Crippen LogP) is 2.37. The maximum Gasteiger partial charge on any atom is 0.442 e. The monoisotopic (exact) mass is 318 g/mol. The van der Waals surface area contributed by atoms with Crippen LogP contribution in [0.2, 0.25) is 0 Å². The Labute approximate surface area is 130 Å². The molecule has 8 heteroatoms. The second-order valence-electron chi connectivity index (χ2n) is 6.13. The van der Waals surface area contributed by atoms with E-state index in [1.54, 1.807) is 12.1 Å².